The summed E-state index contributed by atoms with van der Waals surface area (Å²) < 4.78 is 12.5. The SMILES string of the molecule is FCCONC(=C1CC1)c1n[nH]c2c1C=CC(c1ccccc1)(c1ccccc1)C2. The first-order valence-electron chi connectivity index (χ1n) is 10.4. The van der Waals surface area contributed by atoms with E-state index in [1.165, 1.54) is 16.7 Å². The van der Waals surface area contributed by atoms with Crippen molar-refractivity contribution in [2.24, 2.45) is 0 Å². The van der Waals surface area contributed by atoms with Crippen molar-refractivity contribution in [3.8, 4) is 0 Å². The lowest BCUT2D eigenvalue weighted by molar-refractivity contribution is 0.0669. The van der Waals surface area contributed by atoms with Crippen LogP contribution >= 0.6 is 0 Å². The number of hydrogen-bond acceptors (Lipinski definition) is 3. The van der Waals surface area contributed by atoms with Gasteiger partial charge in [0.15, 0.2) is 0 Å². The third-order valence-electron chi connectivity index (χ3n) is 5.89. The zero-order valence-electron chi connectivity index (χ0n) is 16.7. The zero-order chi connectivity index (χ0) is 20.4. The second-order valence-corrected chi connectivity index (χ2v) is 7.80. The Morgan fingerprint density at radius 1 is 1.03 bits per heavy atom. The molecule has 152 valence electrons. The van der Waals surface area contributed by atoms with Gasteiger partial charge in [-0.1, -0.05) is 72.8 Å². The molecule has 0 amide bonds. The van der Waals surface area contributed by atoms with Crippen molar-refractivity contribution in [3.63, 3.8) is 0 Å². The molecule has 1 saturated carbocycles. The highest BCUT2D eigenvalue weighted by Gasteiger charge is 2.37. The first kappa shape index (κ1) is 18.8. The van der Waals surface area contributed by atoms with Gasteiger partial charge in [0.1, 0.15) is 19.0 Å². The number of benzene rings is 2. The van der Waals surface area contributed by atoms with Crippen LogP contribution in [0.5, 0.6) is 0 Å². The third-order valence-corrected chi connectivity index (χ3v) is 5.89. The van der Waals surface area contributed by atoms with Crippen molar-refractivity contribution in [1.82, 2.24) is 15.7 Å². The molecule has 0 radical (unpaired) electrons. The molecule has 1 heterocycles. The highest BCUT2D eigenvalue weighted by Crippen LogP contribution is 2.43. The quantitative estimate of drug-likeness (QED) is 0.435. The van der Waals surface area contributed by atoms with E-state index >= 15 is 0 Å². The lowest BCUT2D eigenvalue weighted by Gasteiger charge is -2.34. The average molecular weight is 401 g/mol. The number of hydrogen-bond donors (Lipinski definition) is 2. The van der Waals surface area contributed by atoms with Gasteiger partial charge < -0.3 is 0 Å². The molecule has 2 aliphatic rings. The van der Waals surface area contributed by atoms with Gasteiger partial charge in [0.25, 0.3) is 0 Å². The molecule has 0 saturated heterocycles. The highest BCUT2D eigenvalue weighted by atomic mass is 19.1. The number of fused-ring (bicyclic) bond motifs is 1. The van der Waals surface area contributed by atoms with Crippen molar-refractivity contribution >= 4 is 11.8 Å². The van der Waals surface area contributed by atoms with Gasteiger partial charge in [-0.2, -0.15) is 5.10 Å². The zero-order valence-corrected chi connectivity index (χ0v) is 16.7. The fraction of sp³-hybridized carbons (Fsp3) is 0.240. The normalized spacial score (nSPS) is 16.2. The summed E-state index contributed by atoms with van der Waals surface area (Å²) in [4.78, 5) is 5.28. The maximum atomic E-state index is 12.5. The van der Waals surface area contributed by atoms with Crippen molar-refractivity contribution in [2.75, 3.05) is 13.3 Å². The second kappa shape index (κ2) is 7.92. The van der Waals surface area contributed by atoms with Crippen LogP contribution < -0.4 is 5.48 Å². The van der Waals surface area contributed by atoms with Gasteiger partial charge in [0.2, 0.25) is 0 Å². The number of H-pyrrole nitrogens is 1. The molecular weight excluding hydrogens is 377 g/mol. The first-order valence-corrected chi connectivity index (χ1v) is 10.4. The Balaban J connectivity index is 1.55. The molecule has 30 heavy (non-hydrogen) atoms. The van der Waals surface area contributed by atoms with E-state index in [2.05, 4.69) is 76.4 Å². The maximum Gasteiger partial charge on any atom is 0.118 e. The highest BCUT2D eigenvalue weighted by molar-refractivity contribution is 5.77. The van der Waals surface area contributed by atoms with E-state index in [0.717, 1.165) is 41.9 Å². The van der Waals surface area contributed by atoms with Crippen molar-refractivity contribution in [1.29, 1.82) is 0 Å². The van der Waals surface area contributed by atoms with Crippen LogP contribution in [0.3, 0.4) is 0 Å². The van der Waals surface area contributed by atoms with E-state index in [-0.39, 0.29) is 12.0 Å². The van der Waals surface area contributed by atoms with E-state index in [4.69, 9.17) is 4.84 Å². The molecule has 3 aromatic rings. The van der Waals surface area contributed by atoms with Gasteiger partial charge in [0.05, 0.1) is 5.70 Å². The molecule has 0 spiro atoms. The van der Waals surface area contributed by atoms with E-state index < -0.39 is 6.67 Å². The summed E-state index contributed by atoms with van der Waals surface area (Å²) in [5, 5.41) is 7.89. The fourth-order valence-corrected chi connectivity index (χ4v) is 4.25. The van der Waals surface area contributed by atoms with Crippen molar-refractivity contribution in [3.05, 3.63) is 100 Å². The minimum Gasteiger partial charge on any atom is -0.281 e. The van der Waals surface area contributed by atoms with E-state index in [1.807, 2.05) is 12.1 Å². The topological polar surface area (TPSA) is 49.9 Å². The molecule has 0 atom stereocenters. The van der Waals surface area contributed by atoms with Crippen LogP contribution in [0.25, 0.3) is 11.8 Å². The molecule has 1 aromatic heterocycles. The molecular formula is C25H24FN3O. The standard InChI is InChI=1S/C25H24FN3O/c26-15-16-30-29-23(18-11-12-18)24-21-13-14-25(17-22(21)27-28-24,19-7-3-1-4-8-19)20-9-5-2-6-10-20/h1-10,13-14,29H,11-12,15-17H2,(H,27,28). The molecule has 2 aliphatic carbocycles. The largest absolute Gasteiger partial charge is 0.281 e. The number of alkyl halides is 1. The summed E-state index contributed by atoms with van der Waals surface area (Å²) in [6, 6.07) is 21.2. The van der Waals surface area contributed by atoms with Crippen LogP contribution in [0.4, 0.5) is 4.39 Å². The van der Waals surface area contributed by atoms with Gasteiger partial charge in [-0.05, 0) is 29.5 Å². The van der Waals surface area contributed by atoms with E-state index in [9.17, 15) is 4.39 Å². The fourth-order valence-electron chi connectivity index (χ4n) is 4.25. The summed E-state index contributed by atoms with van der Waals surface area (Å²) in [7, 11) is 0. The van der Waals surface area contributed by atoms with Crippen LogP contribution in [0, 0.1) is 0 Å². The number of hydroxylamine groups is 1. The summed E-state index contributed by atoms with van der Waals surface area (Å²) in [5.74, 6) is 0. The predicted molar refractivity (Wildman–Crippen MR) is 116 cm³/mol. The maximum absolute atomic E-state index is 12.5. The molecule has 0 aliphatic heterocycles. The van der Waals surface area contributed by atoms with E-state index in [1.54, 1.807) is 0 Å². The van der Waals surface area contributed by atoms with Crippen LogP contribution in [-0.4, -0.2) is 23.5 Å². The molecule has 1 fully saturated rings. The van der Waals surface area contributed by atoms with Crippen molar-refractivity contribution in [2.45, 2.75) is 24.7 Å². The number of rotatable bonds is 7. The molecule has 5 heteroatoms. The smallest absolute Gasteiger partial charge is 0.118 e. The van der Waals surface area contributed by atoms with Gasteiger partial charge in [0, 0.05) is 23.1 Å². The van der Waals surface area contributed by atoms with Gasteiger partial charge in [-0.15, -0.1) is 0 Å². The van der Waals surface area contributed by atoms with Gasteiger partial charge >= 0.3 is 0 Å². The minimum absolute atomic E-state index is 0.0182. The third kappa shape index (κ3) is 3.35. The predicted octanol–water partition coefficient (Wildman–Crippen LogP) is 4.96. The Kier molecular flexibility index (Phi) is 4.97. The number of aromatic nitrogens is 2. The number of nitrogens with one attached hydrogen (secondary N) is 2. The van der Waals surface area contributed by atoms with Crippen molar-refractivity contribution < 1.29 is 9.23 Å². The van der Waals surface area contributed by atoms with E-state index in [0.29, 0.717) is 0 Å². The molecule has 2 N–H and O–H groups in total. The Morgan fingerprint density at radius 3 is 2.30 bits per heavy atom. The summed E-state index contributed by atoms with van der Waals surface area (Å²) in [6.07, 6.45) is 7.27. The lowest BCUT2D eigenvalue weighted by atomic mass is 9.68. The molecule has 2 aromatic carbocycles. The summed E-state index contributed by atoms with van der Waals surface area (Å²) in [5.41, 5.74) is 10.3. The number of nitrogens with zero attached hydrogens (tertiary/aromatic N) is 1. The Hall–Kier alpha value is -3.18. The number of allylic oxidation sites excluding steroid dienone is 2. The number of halogens is 1. The molecule has 0 bridgehead atoms. The Morgan fingerprint density at radius 2 is 1.70 bits per heavy atom. The van der Waals surface area contributed by atoms with Crippen LogP contribution in [-0.2, 0) is 16.7 Å². The minimum atomic E-state index is -0.523. The first-order chi connectivity index (χ1) is 14.8. The van der Waals surface area contributed by atoms with Crippen LogP contribution in [0.15, 0.2) is 72.3 Å². The Bertz CT molecular complexity index is 1040. The second-order valence-electron chi connectivity index (χ2n) is 7.80. The monoisotopic (exact) mass is 401 g/mol. The van der Waals surface area contributed by atoms with Gasteiger partial charge in [-0.25, -0.2) is 4.39 Å². The molecule has 0 unspecified atom stereocenters. The lowest BCUT2D eigenvalue weighted by Crippen LogP contribution is -2.30. The number of aromatic amines is 1. The van der Waals surface area contributed by atoms with Gasteiger partial charge in [-0.3, -0.25) is 15.4 Å². The average Bonchev–Trinajstić information content (AvgIpc) is 3.57. The van der Waals surface area contributed by atoms with Crippen LogP contribution in [0.1, 0.15) is 40.9 Å². The molecule has 5 rings (SSSR count). The van der Waals surface area contributed by atoms with Crippen LogP contribution in [0.2, 0.25) is 0 Å². The summed E-state index contributed by atoms with van der Waals surface area (Å²) >= 11 is 0. The Labute approximate surface area is 175 Å². The summed E-state index contributed by atoms with van der Waals surface area (Å²) in [6.45, 7) is -0.505. The molecule has 4 nitrogen and oxygen atoms in total.